The predicted octanol–water partition coefficient (Wildman–Crippen LogP) is 2.75. The molecule has 0 saturated carbocycles. The van der Waals surface area contributed by atoms with E-state index in [1.54, 1.807) is 7.11 Å². The van der Waals surface area contributed by atoms with Crippen molar-refractivity contribution in [3.8, 4) is 0 Å². The van der Waals surface area contributed by atoms with Crippen LogP contribution in [0.2, 0.25) is 0 Å². The summed E-state index contributed by atoms with van der Waals surface area (Å²) in [4.78, 5) is 11.4. The summed E-state index contributed by atoms with van der Waals surface area (Å²) in [6.45, 7) is 1.03. The van der Waals surface area contributed by atoms with Gasteiger partial charge in [-0.25, -0.2) is 0 Å². The van der Waals surface area contributed by atoms with Crippen LogP contribution in [0.5, 0.6) is 0 Å². The number of ether oxygens (including phenoxy) is 1. The number of hydrogen-bond donors (Lipinski definition) is 2. The maximum atomic E-state index is 11.4. The van der Waals surface area contributed by atoms with E-state index in [4.69, 9.17) is 4.74 Å². The average Bonchev–Trinajstić information content (AvgIpc) is 2.50. The maximum absolute atomic E-state index is 11.4. The van der Waals surface area contributed by atoms with Crippen LogP contribution in [0.25, 0.3) is 0 Å². The Hall–Kier alpha value is -2.17. The molecule has 0 bridgehead atoms. The fourth-order valence-corrected chi connectivity index (χ4v) is 2.14. The van der Waals surface area contributed by atoms with Gasteiger partial charge in [-0.05, 0) is 16.7 Å². The van der Waals surface area contributed by atoms with E-state index in [0.29, 0.717) is 13.2 Å². The molecule has 0 aromatic heterocycles. The van der Waals surface area contributed by atoms with Crippen molar-refractivity contribution >= 4 is 5.97 Å². The van der Waals surface area contributed by atoms with Gasteiger partial charge in [0, 0.05) is 13.7 Å². The number of aliphatic carboxylic acids is 1. The molecule has 2 rings (SSSR count). The zero-order valence-electron chi connectivity index (χ0n) is 12.0. The van der Waals surface area contributed by atoms with Crippen molar-refractivity contribution in [2.45, 2.75) is 19.2 Å². The van der Waals surface area contributed by atoms with Gasteiger partial charge in [0.1, 0.15) is 6.04 Å². The van der Waals surface area contributed by atoms with E-state index in [2.05, 4.69) is 5.32 Å². The lowest BCUT2D eigenvalue weighted by Gasteiger charge is -2.15. The van der Waals surface area contributed by atoms with Crippen molar-refractivity contribution in [1.82, 2.24) is 5.32 Å². The summed E-state index contributed by atoms with van der Waals surface area (Å²) < 4.78 is 5.05. The summed E-state index contributed by atoms with van der Waals surface area (Å²) >= 11 is 0. The number of carbonyl (C=O) groups is 1. The SMILES string of the molecule is COCc1ccc(C(NCc2ccccc2)C(=O)O)cc1. The first-order valence-corrected chi connectivity index (χ1v) is 6.78. The number of benzene rings is 2. The van der Waals surface area contributed by atoms with Gasteiger partial charge >= 0.3 is 5.97 Å². The van der Waals surface area contributed by atoms with Gasteiger partial charge in [0.15, 0.2) is 0 Å². The monoisotopic (exact) mass is 285 g/mol. The van der Waals surface area contributed by atoms with E-state index in [-0.39, 0.29) is 0 Å². The molecule has 4 heteroatoms. The number of carboxylic acids is 1. The first-order valence-electron chi connectivity index (χ1n) is 6.78. The molecular formula is C17H19NO3. The summed E-state index contributed by atoms with van der Waals surface area (Å²) in [5, 5.41) is 12.5. The minimum Gasteiger partial charge on any atom is -0.480 e. The highest BCUT2D eigenvalue weighted by molar-refractivity contribution is 5.75. The second-order valence-electron chi connectivity index (χ2n) is 4.81. The first kappa shape index (κ1) is 15.2. The molecule has 110 valence electrons. The maximum Gasteiger partial charge on any atom is 0.325 e. The Balaban J connectivity index is 2.06. The van der Waals surface area contributed by atoms with E-state index in [9.17, 15) is 9.90 Å². The van der Waals surface area contributed by atoms with Gasteiger partial charge in [0.25, 0.3) is 0 Å². The fourth-order valence-electron chi connectivity index (χ4n) is 2.14. The standard InChI is InChI=1S/C17H19NO3/c1-21-12-14-7-9-15(10-8-14)16(17(19)20)18-11-13-5-3-2-4-6-13/h2-10,16,18H,11-12H2,1H3,(H,19,20). The Morgan fingerprint density at radius 3 is 2.33 bits per heavy atom. The summed E-state index contributed by atoms with van der Waals surface area (Å²) in [6, 6.07) is 16.4. The van der Waals surface area contributed by atoms with Crippen molar-refractivity contribution < 1.29 is 14.6 Å². The molecule has 1 unspecified atom stereocenters. The minimum atomic E-state index is -0.884. The van der Waals surface area contributed by atoms with Gasteiger partial charge in [-0.3, -0.25) is 10.1 Å². The van der Waals surface area contributed by atoms with Crippen LogP contribution in [0.15, 0.2) is 54.6 Å². The van der Waals surface area contributed by atoms with Crippen LogP contribution in [0, 0.1) is 0 Å². The normalized spacial score (nSPS) is 12.0. The van der Waals surface area contributed by atoms with Crippen molar-refractivity contribution in [2.24, 2.45) is 0 Å². The molecule has 0 amide bonds. The zero-order chi connectivity index (χ0) is 15.1. The van der Waals surface area contributed by atoms with E-state index < -0.39 is 12.0 Å². The fraction of sp³-hybridized carbons (Fsp3) is 0.235. The number of nitrogens with one attached hydrogen (secondary N) is 1. The number of rotatable bonds is 7. The Morgan fingerprint density at radius 1 is 1.10 bits per heavy atom. The minimum absolute atomic E-state index is 0.512. The third-order valence-electron chi connectivity index (χ3n) is 3.22. The number of hydrogen-bond acceptors (Lipinski definition) is 3. The van der Waals surface area contributed by atoms with Gasteiger partial charge in [-0.2, -0.15) is 0 Å². The Labute approximate surface area is 124 Å². The van der Waals surface area contributed by atoms with Crippen LogP contribution >= 0.6 is 0 Å². The van der Waals surface area contributed by atoms with Crippen molar-refractivity contribution in [1.29, 1.82) is 0 Å². The van der Waals surface area contributed by atoms with Crippen LogP contribution in [-0.4, -0.2) is 18.2 Å². The van der Waals surface area contributed by atoms with E-state index >= 15 is 0 Å². The second kappa shape index (κ2) is 7.57. The molecular weight excluding hydrogens is 266 g/mol. The lowest BCUT2D eigenvalue weighted by Crippen LogP contribution is -2.28. The highest BCUT2D eigenvalue weighted by atomic mass is 16.5. The molecule has 1 atom stereocenters. The van der Waals surface area contributed by atoms with Gasteiger partial charge in [-0.15, -0.1) is 0 Å². The second-order valence-corrected chi connectivity index (χ2v) is 4.81. The summed E-state index contributed by atoms with van der Waals surface area (Å²) in [5.74, 6) is -0.884. The molecule has 2 aromatic rings. The zero-order valence-corrected chi connectivity index (χ0v) is 12.0. The molecule has 4 nitrogen and oxygen atoms in total. The third-order valence-corrected chi connectivity index (χ3v) is 3.22. The average molecular weight is 285 g/mol. The molecule has 0 aliphatic rings. The number of carboxylic acid groups (broad SMARTS) is 1. The molecule has 0 radical (unpaired) electrons. The lowest BCUT2D eigenvalue weighted by atomic mass is 10.0. The molecule has 2 N–H and O–H groups in total. The quantitative estimate of drug-likeness (QED) is 0.821. The Kier molecular flexibility index (Phi) is 5.49. The van der Waals surface area contributed by atoms with Crippen LogP contribution < -0.4 is 5.32 Å². The smallest absolute Gasteiger partial charge is 0.325 e. The van der Waals surface area contributed by atoms with Gasteiger partial charge in [0.2, 0.25) is 0 Å². The number of methoxy groups -OCH3 is 1. The Morgan fingerprint density at radius 2 is 1.76 bits per heavy atom. The van der Waals surface area contributed by atoms with E-state index in [1.807, 2.05) is 54.6 Å². The predicted molar refractivity (Wildman–Crippen MR) is 80.8 cm³/mol. The molecule has 21 heavy (non-hydrogen) atoms. The van der Waals surface area contributed by atoms with E-state index in [1.165, 1.54) is 0 Å². The molecule has 0 fully saturated rings. The first-order chi connectivity index (χ1) is 10.2. The molecule has 0 aliphatic carbocycles. The van der Waals surface area contributed by atoms with Crippen LogP contribution in [0.1, 0.15) is 22.7 Å². The molecule has 0 saturated heterocycles. The summed E-state index contributed by atoms with van der Waals surface area (Å²) in [7, 11) is 1.63. The van der Waals surface area contributed by atoms with Gasteiger partial charge < -0.3 is 9.84 Å². The lowest BCUT2D eigenvalue weighted by molar-refractivity contribution is -0.139. The third kappa shape index (κ3) is 4.41. The molecule has 0 heterocycles. The van der Waals surface area contributed by atoms with E-state index in [0.717, 1.165) is 16.7 Å². The van der Waals surface area contributed by atoms with Crippen LogP contribution in [0.4, 0.5) is 0 Å². The van der Waals surface area contributed by atoms with Crippen LogP contribution in [-0.2, 0) is 22.7 Å². The largest absolute Gasteiger partial charge is 0.480 e. The van der Waals surface area contributed by atoms with Gasteiger partial charge in [-0.1, -0.05) is 54.6 Å². The van der Waals surface area contributed by atoms with Crippen LogP contribution in [0.3, 0.4) is 0 Å². The molecule has 2 aromatic carbocycles. The highest BCUT2D eigenvalue weighted by Gasteiger charge is 2.18. The van der Waals surface area contributed by atoms with Crippen molar-refractivity contribution in [2.75, 3.05) is 7.11 Å². The topological polar surface area (TPSA) is 58.6 Å². The molecule has 0 aliphatic heterocycles. The molecule has 0 spiro atoms. The highest BCUT2D eigenvalue weighted by Crippen LogP contribution is 2.16. The summed E-state index contributed by atoms with van der Waals surface area (Å²) in [6.07, 6.45) is 0. The Bertz CT molecular complexity index is 566. The van der Waals surface area contributed by atoms with Gasteiger partial charge in [0.05, 0.1) is 6.61 Å². The summed E-state index contributed by atoms with van der Waals surface area (Å²) in [5.41, 5.74) is 2.81. The van der Waals surface area contributed by atoms with Crippen molar-refractivity contribution in [3.63, 3.8) is 0 Å². The van der Waals surface area contributed by atoms with Crippen molar-refractivity contribution in [3.05, 3.63) is 71.3 Å².